The largest absolute Gasteiger partial charge is 0.378 e. The Morgan fingerprint density at radius 2 is 1.97 bits per heavy atom. The maximum absolute atomic E-state index is 12.9. The molecule has 5 nitrogen and oxygen atoms in total. The average Bonchev–Trinajstić information content (AvgIpc) is 2.80. The van der Waals surface area contributed by atoms with Crippen molar-refractivity contribution in [1.82, 2.24) is 4.98 Å². The molecule has 1 N–H and O–H groups in total. The van der Waals surface area contributed by atoms with Crippen LogP contribution in [0.2, 0.25) is 5.15 Å². The number of nitrogens with zero attached hydrogens (tertiary/aromatic N) is 2. The summed E-state index contributed by atoms with van der Waals surface area (Å²) < 4.78 is 18.3. The van der Waals surface area contributed by atoms with E-state index in [0.29, 0.717) is 35.2 Å². The molecule has 0 bridgehead atoms. The number of morpholine rings is 1. The molecule has 3 aromatic rings. The third-order valence-corrected chi connectivity index (χ3v) is 5.46. The molecule has 2 heterocycles. The summed E-state index contributed by atoms with van der Waals surface area (Å²) in [5.41, 5.74) is 4.46. The minimum absolute atomic E-state index is 0.285. The fraction of sp³-hybridized carbons (Fsp3) is 0.250. The molecule has 0 radical (unpaired) electrons. The number of anilines is 2. The topological polar surface area (TPSA) is 54.5 Å². The highest BCUT2D eigenvalue weighted by Crippen LogP contribution is 2.31. The van der Waals surface area contributed by atoms with Crippen LogP contribution < -0.4 is 10.2 Å². The summed E-state index contributed by atoms with van der Waals surface area (Å²) in [6, 6.07) is 16.1. The molecule has 2 aromatic carbocycles. The molecule has 0 saturated carbocycles. The fourth-order valence-corrected chi connectivity index (χ4v) is 3.81. The van der Waals surface area contributed by atoms with Gasteiger partial charge in [-0.1, -0.05) is 29.8 Å². The van der Waals surface area contributed by atoms with E-state index in [1.54, 1.807) is 24.3 Å². The second kappa shape index (κ2) is 9.45. The van der Waals surface area contributed by atoms with Gasteiger partial charge in [0.25, 0.3) is 5.91 Å². The lowest BCUT2D eigenvalue weighted by Crippen LogP contribution is -2.36. The third kappa shape index (κ3) is 5.03. The Morgan fingerprint density at radius 1 is 1.16 bits per heavy atom. The first-order chi connectivity index (χ1) is 15.0. The number of hydrogen-bond acceptors (Lipinski definition) is 4. The summed E-state index contributed by atoms with van der Waals surface area (Å²) in [5, 5.41) is 3.32. The second-order valence-corrected chi connectivity index (χ2v) is 7.84. The van der Waals surface area contributed by atoms with Gasteiger partial charge in [0.2, 0.25) is 0 Å². The van der Waals surface area contributed by atoms with Crippen molar-refractivity contribution >= 4 is 29.0 Å². The number of carbonyl (C=O) groups is 1. The number of carbonyl (C=O) groups excluding carboxylic acids is 1. The van der Waals surface area contributed by atoms with Crippen LogP contribution in [0.1, 0.15) is 21.5 Å². The maximum Gasteiger partial charge on any atom is 0.255 e. The van der Waals surface area contributed by atoms with E-state index in [0.717, 1.165) is 35.6 Å². The summed E-state index contributed by atoms with van der Waals surface area (Å²) in [5.74, 6) is 0.523. The molecule has 160 valence electrons. The Hall–Kier alpha value is -2.96. The molecule has 0 unspecified atom stereocenters. The number of aromatic nitrogens is 1. The lowest BCUT2D eigenvalue weighted by molar-refractivity contribution is 0.102. The molecule has 1 aromatic heterocycles. The maximum atomic E-state index is 12.9. The molecule has 31 heavy (non-hydrogen) atoms. The van der Waals surface area contributed by atoms with E-state index >= 15 is 0 Å². The number of rotatable bonds is 5. The Balaban J connectivity index is 1.62. The number of benzene rings is 2. The van der Waals surface area contributed by atoms with Crippen molar-refractivity contribution in [3.63, 3.8) is 0 Å². The number of amides is 1. The van der Waals surface area contributed by atoms with Crippen LogP contribution in [-0.4, -0.2) is 37.2 Å². The van der Waals surface area contributed by atoms with Crippen LogP contribution in [0, 0.1) is 6.92 Å². The van der Waals surface area contributed by atoms with Crippen LogP contribution in [-0.2, 0) is 11.4 Å². The summed E-state index contributed by atoms with van der Waals surface area (Å²) in [6.07, 6.45) is 0. The molecule has 1 aliphatic rings. The zero-order valence-corrected chi connectivity index (χ0v) is 18.0. The number of hydrogen-bond donors (Lipinski definition) is 1. The number of halogens is 2. The van der Waals surface area contributed by atoms with Crippen molar-refractivity contribution in [3.8, 4) is 11.1 Å². The Bertz CT molecular complexity index is 1100. The van der Waals surface area contributed by atoms with E-state index in [2.05, 4.69) is 15.2 Å². The highest BCUT2D eigenvalue weighted by atomic mass is 35.5. The summed E-state index contributed by atoms with van der Waals surface area (Å²) >= 11 is 6.33. The summed E-state index contributed by atoms with van der Waals surface area (Å²) in [6.45, 7) is 4.25. The summed E-state index contributed by atoms with van der Waals surface area (Å²) in [7, 11) is 0. The lowest BCUT2D eigenvalue weighted by atomic mass is 10.0. The second-order valence-electron chi connectivity index (χ2n) is 7.45. The van der Waals surface area contributed by atoms with Gasteiger partial charge in [-0.05, 0) is 65.6 Å². The molecule has 4 rings (SSSR count). The van der Waals surface area contributed by atoms with Gasteiger partial charge in [0.1, 0.15) is 17.6 Å². The highest BCUT2D eigenvalue weighted by molar-refractivity contribution is 6.29. The van der Waals surface area contributed by atoms with Crippen molar-refractivity contribution in [3.05, 3.63) is 76.4 Å². The van der Waals surface area contributed by atoms with Crippen LogP contribution in [0.4, 0.5) is 15.9 Å². The predicted octanol–water partition coefficient (Wildman–Crippen LogP) is 5.27. The first-order valence-corrected chi connectivity index (χ1v) is 10.5. The number of aryl methyl sites for hydroxylation is 1. The number of pyridine rings is 1. The van der Waals surface area contributed by atoms with Crippen LogP contribution in [0.3, 0.4) is 0 Å². The highest BCUT2D eigenvalue weighted by Gasteiger charge is 2.16. The van der Waals surface area contributed by atoms with Crippen LogP contribution in [0.5, 0.6) is 0 Å². The van der Waals surface area contributed by atoms with E-state index in [-0.39, 0.29) is 5.91 Å². The van der Waals surface area contributed by atoms with Gasteiger partial charge in [0.05, 0.1) is 13.2 Å². The normalized spacial score (nSPS) is 13.8. The molecule has 7 heteroatoms. The Morgan fingerprint density at radius 3 is 2.74 bits per heavy atom. The first-order valence-electron chi connectivity index (χ1n) is 10.1. The molecule has 1 aliphatic heterocycles. The van der Waals surface area contributed by atoms with Crippen LogP contribution in [0.25, 0.3) is 11.1 Å². The Labute approximate surface area is 185 Å². The average molecular weight is 440 g/mol. The smallest absolute Gasteiger partial charge is 0.255 e. The van der Waals surface area contributed by atoms with Gasteiger partial charge < -0.3 is 15.0 Å². The van der Waals surface area contributed by atoms with Gasteiger partial charge in [-0.15, -0.1) is 0 Å². The van der Waals surface area contributed by atoms with Crippen molar-refractivity contribution in [2.24, 2.45) is 0 Å². The van der Waals surface area contributed by atoms with Crippen LogP contribution >= 0.6 is 11.6 Å². The fourth-order valence-electron chi connectivity index (χ4n) is 3.60. The monoisotopic (exact) mass is 439 g/mol. The molecule has 1 amide bonds. The molecule has 1 fully saturated rings. The molecule has 1 saturated heterocycles. The van der Waals surface area contributed by atoms with Gasteiger partial charge >= 0.3 is 0 Å². The van der Waals surface area contributed by atoms with E-state index < -0.39 is 6.67 Å². The minimum Gasteiger partial charge on any atom is -0.378 e. The van der Waals surface area contributed by atoms with E-state index in [4.69, 9.17) is 16.3 Å². The van der Waals surface area contributed by atoms with Crippen molar-refractivity contribution in [1.29, 1.82) is 0 Å². The lowest BCUT2D eigenvalue weighted by Gasteiger charge is -2.28. The molecule has 0 aliphatic carbocycles. The van der Waals surface area contributed by atoms with Gasteiger partial charge in [-0.2, -0.15) is 0 Å². The zero-order valence-electron chi connectivity index (χ0n) is 17.2. The molecule has 0 spiro atoms. The minimum atomic E-state index is -0.607. The van der Waals surface area contributed by atoms with Crippen molar-refractivity contribution < 1.29 is 13.9 Å². The predicted molar refractivity (Wildman–Crippen MR) is 122 cm³/mol. The number of alkyl halides is 1. The van der Waals surface area contributed by atoms with Gasteiger partial charge in [0, 0.05) is 24.3 Å². The Kier molecular flexibility index (Phi) is 6.49. The zero-order chi connectivity index (χ0) is 21.8. The standard InChI is InChI=1S/C24H23ClFN3O2/c1-16-5-6-20(27-24(30)18-4-2-3-17(11-18)15-26)14-21(16)19-12-22(25)28-23(13-19)29-7-9-31-10-8-29/h2-6,11-14H,7-10,15H2,1H3,(H,27,30). The SMILES string of the molecule is Cc1ccc(NC(=O)c2cccc(CF)c2)cc1-c1cc(Cl)nc(N2CCOCC2)c1. The van der Waals surface area contributed by atoms with Gasteiger partial charge in [-0.25, -0.2) is 9.37 Å². The van der Waals surface area contributed by atoms with Crippen molar-refractivity contribution in [2.45, 2.75) is 13.6 Å². The first kappa shape index (κ1) is 21.3. The van der Waals surface area contributed by atoms with E-state index in [1.807, 2.05) is 37.3 Å². The van der Waals surface area contributed by atoms with Crippen molar-refractivity contribution in [2.75, 3.05) is 36.5 Å². The molecular formula is C24H23ClFN3O2. The summed E-state index contributed by atoms with van der Waals surface area (Å²) in [4.78, 5) is 19.3. The van der Waals surface area contributed by atoms with E-state index in [1.165, 1.54) is 0 Å². The quantitative estimate of drug-likeness (QED) is 0.550. The number of ether oxygens (including phenoxy) is 1. The third-order valence-electron chi connectivity index (χ3n) is 5.27. The molecule has 0 atom stereocenters. The van der Waals surface area contributed by atoms with Gasteiger partial charge in [0.15, 0.2) is 0 Å². The van der Waals surface area contributed by atoms with Gasteiger partial charge in [-0.3, -0.25) is 4.79 Å². The number of nitrogens with one attached hydrogen (secondary N) is 1. The molecular weight excluding hydrogens is 417 g/mol. The van der Waals surface area contributed by atoms with Crippen LogP contribution in [0.15, 0.2) is 54.6 Å². The van der Waals surface area contributed by atoms with E-state index in [9.17, 15) is 9.18 Å².